The van der Waals surface area contributed by atoms with Gasteiger partial charge in [-0.05, 0) is 44.0 Å². The Balaban J connectivity index is 2.17. The Morgan fingerprint density at radius 1 is 1.00 bits per heavy atom. The van der Waals surface area contributed by atoms with E-state index in [1.165, 1.54) is 14.2 Å². The Labute approximate surface area is 163 Å². The molecule has 0 saturated heterocycles. The number of ether oxygens (including phenoxy) is 3. The molecule has 1 atom stereocenters. The second-order valence-corrected chi connectivity index (χ2v) is 6.59. The van der Waals surface area contributed by atoms with Gasteiger partial charge in [0.05, 0.1) is 24.9 Å². The molecule has 5 nitrogen and oxygen atoms in total. The summed E-state index contributed by atoms with van der Waals surface area (Å²) in [7, 11) is 2.99. The zero-order valence-corrected chi connectivity index (χ0v) is 16.8. The fraction of sp³-hybridized carbons (Fsp3) is 0.316. The van der Waals surface area contributed by atoms with E-state index in [4.69, 9.17) is 37.4 Å². The lowest BCUT2D eigenvalue weighted by molar-refractivity contribution is -0.122. The highest BCUT2D eigenvalue weighted by atomic mass is 35.5. The van der Waals surface area contributed by atoms with Gasteiger partial charge in [0.15, 0.2) is 6.10 Å². The van der Waals surface area contributed by atoms with Gasteiger partial charge in [0.2, 0.25) is 0 Å². The van der Waals surface area contributed by atoms with Gasteiger partial charge in [-0.1, -0.05) is 23.2 Å². The van der Waals surface area contributed by atoms with Crippen LogP contribution in [0.5, 0.6) is 17.2 Å². The molecule has 0 bridgehead atoms. The molecule has 0 aliphatic rings. The van der Waals surface area contributed by atoms with Crippen LogP contribution in [0.3, 0.4) is 0 Å². The van der Waals surface area contributed by atoms with Crippen LogP contribution in [0.4, 0.5) is 5.69 Å². The number of anilines is 1. The predicted molar refractivity (Wildman–Crippen MR) is 104 cm³/mol. The van der Waals surface area contributed by atoms with Gasteiger partial charge in [-0.2, -0.15) is 0 Å². The Hall–Kier alpha value is -2.11. The van der Waals surface area contributed by atoms with Crippen LogP contribution >= 0.6 is 23.2 Å². The molecule has 0 fully saturated rings. The number of hydrogen-bond acceptors (Lipinski definition) is 4. The minimum atomic E-state index is -0.735. The first-order valence-electron chi connectivity index (χ1n) is 7.92. The molecule has 0 heterocycles. The Morgan fingerprint density at radius 3 is 2.12 bits per heavy atom. The second-order valence-electron chi connectivity index (χ2n) is 5.81. The summed E-state index contributed by atoms with van der Waals surface area (Å²) in [5.41, 5.74) is 2.22. The molecule has 2 aromatic carbocycles. The van der Waals surface area contributed by atoms with Crippen molar-refractivity contribution in [3.63, 3.8) is 0 Å². The number of nitrogens with one attached hydrogen (secondary N) is 1. The lowest BCUT2D eigenvalue weighted by atomic mass is 10.1. The fourth-order valence-corrected chi connectivity index (χ4v) is 2.76. The van der Waals surface area contributed by atoms with Gasteiger partial charge >= 0.3 is 0 Å². The first-order chi connectivity index (χ1) is 12.3. The van der Waals surface area contributed by atoms with Crippen LogP contribution in [-0.2, 0) is 4.79 Å². The van der Waals surface area contributed by atoms with E-state index in [9.17, 15) is 4.79 Å². The van der Waals surface area contributed by atoms with Crippen molar-refractivity contribution in [2.75, 3.05) is 19.5 Å². The first-order valence-corrected chi connectivity index (χ1v) is 8.68. The third kappa shape index (κ3) is 4.54. The average Bonchev–Trinajstić information content (AvgIpc) is 2.60. The molecular weight excluding hydrogens is 377 g/mol. The zero-order chi connectivity index (χ0) is 19.4. The van der Waals surface area contributed by atoms with Crippen molar-refractivity contribution in [1.29, 1.82) is 0 Å². The molecule has 1 amide bonds. The molecule has 0 radical (unpaired) electrons. The van der Waals surface area contributed by atoms with Crippen LogP contribution in [-0.4, -0.2) is 26.2 Å². The maximum Gasteiger partial charge on any atom is 0.265 e. The predicted octanol–water partition coefficient (Wildman–Crippen LogP) is 5.03. The lowest BCUT2D eigenvalue weighted by Crippen LogP contribution is -2.30. The van der Waals surface area contributed by atoms with E-state index in [0.29, 0.717) is 33.0 Å². The van der Waals surface area contributed by atoms with E-state index in [-0.39, 0.29) is 5.91 Å². The van der Waals surface area contributed by atoms with Gasteiger partial charge in [-0.15, -0.1) is 0 Å². The minimum absolute atomic E-state index is 0.335. The Bertz CT molecular complexity index is 800. The standard InChI is InChI=1S/C19H21Cl2NO4/c1-10-6-13(7-11(2)18(10)21)26-12(3)19(23)22-15-9-16(24-4)14(20)8-17(15)25-5/h6-9,12H,1-5H3,(H,22,23)/t12-/m0/s1. The van der Waals surface area contributed by atoms with E-state index in [1.807, 2.05) is 13.8 Å². The smallest absolute Gasteiger partial charge is 0.265 e. The van der Waals surface area contributed by atoms with Crippen molar-refractivity contribution in [3.05, 3.63) is 45.4 Å². The van der Waals surface area contributed by atoms with E-state index < -0.39 is 6.10 Å². The van der Waals surface area contributed by atoms with Crippen molar-refractivity contribution in [3.8, 4) is 17.2 Å². The summed E-state index contributed by atoms with van der Waals surface area (Å²) >= 11 is 12.2. The molecule has 2 rings (SSSR count). The molecule has 1 N–H and O–H groups in total. The number of carbonyl (C=O) groups is 1. The van der Waals surface area contributed by atoms with Gasteiger partial charge in [-0.25, -0.2) is 0 Å². The summed E-state index contributed by atoms with van der Waals surface area (Å²) in [6.45, 7) is 5.43. The molecular formula is C19H21Cl2NO4. The molecule has 0 aliphatic carbocycles. The summed E-state index contributed by atoms with van der Waals surface area (Å²) in [5, 5.41) is 3.85. The summed E-state index contributed by atoms with van der Waals surface area (Å²) in [6, 6.07) is 6.77. The zero-order valence-electron chi connectivity index (χ0n) is 15.3. The number of aryl methyl sites for hydroxylation is 2. The van der Waals surface area contributed by atoms with Gasteiger partial charge < -0.3 is 19.5 Å². The highest BCUT2D eigenvalue weighted by molar-refractivity contribution is 6.32. The van der Waals surface area contributed by atoms with E-state index >= 15 is 0 Å². The molecule has 7 heteroatoms. The van der Waals surface area contributed by atoms with E-state index in [2.05, 4.69) is 5.32 Å². The summed E-state index contributed by atoms with van der Waals surface area (Å²) in [6.07, 6.45) is -0.735. The summed E-state index contributed by atoms with van der Waals surface area (Å²) in [4.78, 5) is 12.5. The normalized spacial score (nSPS) is 11.7. The molecule has 0 unspecified atom stereocenters. The number of methoxy groups -OCH3 is 2. The van der Waals surface area contributed by atoms with Crippen LogP contribution in [0.25, 0.3) is 0 Å². The molecule has 26 heavy (non-hydrogen) atoms. The number of amides is 1. The monoisotopic (exact) mass is 397 g/mol. The van der Waals surface area contributed by atoms with E-state index in [1.54, 1.807) is 31.2 Å². The molecule has 2 aromatic rings. The van der Waals surface area contributed by atoms with Crippen LogP contribution in [0, 0.1) is 13.8 Å². The van der Waals surface area contributed by atoms with Crippen LogP contribution < -0.4 is 19.5 Å². The van der Waals surface area contributed by atoms with Gasteiger partial charge in [0.1, 0.15) is 17.2 Å². The average molecular weight is 398 g/mol. The first kappa shape index (κ1) is 20.2. The number of halogens is 2. The van der Waals surface area contributed by atoms with Crippen molar-refractivity contribution >= 4 is 34.8 Å². The fourth-order valence-electron chi connectivity index (χ4n) is 2.42. The highest BCUT2D eigenvalue weighted by Gasteiger charge is 2.19. The van der Waals surface area contributed by atoms with Gasteiger partial charge in [-0.3, -0.25) is 4.79 Å². The Morgan fingerprint density at radius 2 is 1.58 bits per heavy atom. The minimum Gasteiger partial charge on any atom is -0.495 e. The number of hydrogen-bond donors (Lipinski definition) is 1. The highest BCUT2D eigenvalue weighted by Crippen LogP contribution is 2.36. The van der Waals surface area contributed by atoms with Crippen molar-refractivity contribution in [2.24, 2.45) is 0 Å². The molecule has 0 aliphatic heterocycles. The maximum absolute atomic E-state index is 12.5. The van der Waals surface area contributed by atoms with Crippen LogP contribution in [0.1, 0.15) is 18.1 Å². The van der Waals surface area contributed by atoms with Gasteiger partial charge in [0, 0.05) is 17.2 Å². The quantitative estimate of drug-likeness (QED) is 0.741. The lowest BCUT2D eigenvalue weighted by Gasteiger charge is -2.18. The van der Waals surface area contributed by atoms with Crippen molar-refractivity contribution in [1.82, 2.24) is 0 Å². The van der Waals surface area contributed by atoms with Gasteiger partial charge in [0.25, 0.3) is 5.91 Å². The Kier molecular flexibility index (Phi) is 6.62. The summed E-state index contributed by atoms with van der Waals surface area (Å²) in [5.74, 6) is 1.10. The SMILES string of the molecule is COc1cc(NC(=O)[C@H](C)Oc2cc(C)c(Cl)c(C)c2)c(OC)cc1Cl. The van der Waals surface area contributed by atoms with Crippen LogP contribution in [0.2, 0.25) is 10.0 Å². The molecule has 0 aromatic heterocycles. The number of benzene rings is 2. The topological polar surface area (TPSA) is 56.8 Å². The second kappa shape index (κ2) is 8.52. The molecule has 140 valence electrons. The number of carbonyl (C=O) groups excluding carboxylic acids is 1. The van der Waals surface area contributed by atoms with Crippen molar-refractivity contribution in [2.45, 2.75) is 26.9 Å². The van der Waals surface area contributed by atoms with E-state index in [0.717, 1.165) is 11.1 Å². The largest absolute Gasteiger partial charge is 0.495 e. The third-order valence-corrected chi connectivity index (χ3v) is 4.72. The maximum atomic E-state index is 12.5. The molecule has 0 saturated carbocycles. The molecule has 0 spiro atoms. The summed E-state index contributed by atoms with van der Waals surface area (Å²) < 4.78 is 16.2. The van der Waals surface area contributed by atoms with Crippen molar-refractivity contribution < 1.29 is 19.0 Å². The third-order valence-electron chi connectivity index (χ3n) is 3.82. The number of rotatable bonds is 6. The van der Waals surface area contributed by atoms with Crippen LogP contribution in [0.15, 0.2) is 24.3 Å².